The van der Waals surface area contributed by atoms with Crippen molar-refractivity contribution in [3.05, 3.63) is 66.2 Å². The molecule has 3 rings (SSSR count). The second-order valence-electron chi connectivity index (χ2n) is 5.53. The van der Waals surface area contributed by atoms with Gasteiger partial charge in [-0.05, 0) is 28.0 Å². The van der Waals surface area contributed by atoms with Crippen molar-refractivity contribution in [3.63, 3.8) is 0 Å². The molecule has 3 aromatic carbocycles. The number of benzene rings is 3. The van der Waals surface area contributed by atoms with E-state index in [0.717, 1.165) is 22.4 Å². The molecule has 0 bridgehead atoms. The average molecular weight is 292 g/mol. The zero-order valence-corrected chi connectivity index (χ0v) is 12.9. The summed E-state index contributed by atoms with van der Waals surface area (Å²) in [6, 6.07) is 20.6. The van der Waals surface area contributed by atoms with E-state index in [1.165, 1.54) is 10.8 Å². The second-order valence-corrected chi connectivity index (χ2v) is 5.53. The second kappa shape index (κ2) is 6.20. The fraction of sp³-hybridized carbons (Fsp3) is 0.200. The number of hydrogen-bond donors (Lipinski definition) is 1. The molecule has 1 unspecified atom stereocenters. The van der Waals surface area contributed by atoms with E-state index in [-0.39, 0.29) is 12.5 Å². The molecule has 112 valence electrons. The first-order valence-electron chi connectivity index (χ1n) is 7.52. The molecule has 1 atom stereocenters. The van der Waals surface area contributed by atoms with Crippen LogP contribution in [-0.2, 0) is 0 Å². The highest BCUT2D eigenvalue weighted by molar-refractivity contribution is 5.99. The normalized spacial score (nSPS) is 12.3. The molecule has 3 aromatic rings. The number of ether oxygens (including phenoxy) is 1. The van der Waals surface area contributed by atoms with Crippen LogP contribution in [0.2, 0.25) is 0 Å². The Labute approximate surface area is 131 Å². The Morgan fingerprint density at radius 1 is 0.955 bits per heavy atom. The largest absolute Gasteiger partial charge is 0.496 e. The third-order valence-electron chi connectivity index (χ3n) is 4.14. The van der Waals surface area contributed by atoms with Gasteiger partial charge in [0.05, 0.1) is 7.11 Å². The molecule has 0 fully saturated rings. The number of para-hydroxylation sites is 1. The molecule has 0 heterocycles. The quantitative estimate of drug-likeness (QED) is 0.761. The SMILES string of the molecule is COc1ccccc1-c1c(C(C)CO)ccc2ccccc12. The van der Waals surface area contributed by atoms with E-state index < -0.39 is 0 Å². The number of aliphatic hydroxyl groups is 1. The van der Waals surface area contributed by atoms with Crippen LogP contribution in [0.1, 0.15) is 18.4 Å². The topological polar surface area (TPSA) is 29.5 Å². The minimum Gasteiger partial charge on any atom is -0.496 e. The Balaban J connectivity index is 2.38. The molecular formula is C20H20O2. The van der Waals surface area contributed by atoms with E-state index >= 15 is 0 Å². The predicted octanol–water partition coefficient (Wildman–Crippen LogP) is 4.61. The van der Waals surface area contributed by atoms with Crippen molar-refractivity contribution in [1.29, 1.82) is 0 Å². The molecule has 0 saturated heterocycles. The van der Waals surface area contributed by atoms with Gasteiger partial charge in [-0.2, -0.15) is 0 Å². The van der Waals surface area contributed by atoms with Gasteiger partial charge < -0.3 is 9.84 Å². The van der Waals surface area contributed by atoms with Crippen molar-refractivity contribution >= 4 is 10.8 Å². The summed E-state index contributed by atoms with van der Waals surface area (Å²) in [5.74, 6) is 0.926. The summed E-state index contributed by atoms with van der Waals surface area (Å²) < 4.78 is 5.55. The maximum Gasteiger partial charge on any atom is 0.126 e. The maximum atomic E-state index is 9.63. The van der Waals surface area contributed by atoms with E-state index in [2.05, 4.69) is 36.4 Å². The average Bonchev–Trinajstić information content (AvgIpc) is 2.60. The molecule has 0 aliphatic heterocycles. The molecule has 0 aliphatic carbocycles. The summed E-state index contributed by atoms with van der Waals surface area (Å²) in [7, 11) is 1.69. The highest BCUT2D eigenvalue weighted by Crippen LogP contribution is 2.40. The third-order valence-corrected chi connectivity index (χ3v) is 4.14. The predicted molar refractivity (Wildman–Crippen MR) is 91.4 cm³/mol. The van der Waals surface area contributed by atoms with Crippen molar-refractivity contribution in [2.24, 2.45) is 0 Å². The molecule has 0 radical (unpaired) electrons. The highest BCUT2D eigenvalue weighted by atomic mass is 16.5. The number of hydrogen-bond acceptors (Lipinski definition) is 2. The van der Waals surface area contributed by atoms with Gasteiger partial charge in [-0.25, -0.2) is 0 Å². The summed E-state index contributed by atoms with van der Waals surface area (Å²) in [6.07, 6.45) is 0. The molecule has 2 nitrogen and oxygen atoms in total. The molecule has 2 heteroatoms. The lowest BCUT2D eigenvalue weighted by Gasteiger charge is -2.19. The maximum absolute atomic E-state index is 9.63. The smallest absolute Gasteiger partial charge is 0.126 e. The van der Waals surface area contributed by atoms with Crippen LogP contribution in [0.4, 0.5) is 0 Å². The van der Waals surface area contributed by atoms with Crippen LogP contribution < -0.4 is 4.74 Å². The Bertz CT molecular complexity index is 793. The lowest BCUT2D eigenvalue weighted by atomic mass is 9.87. The Hall–Kier alpha value is -2.32. The van der Waals surface area contributed by atoms with Crippen molar-refractivity contribution in [2.45, 2.75) is 12.8 Å². The highest BCUT2D eigenvalue weighted by Gasteiger charge is 2.17. The van der Waals surface area contributed by atoms with Gasteiger partial charge in [-0.1, -0.05) is 61.5 Å². The molecule has 0 aliphatic rings. The summed E-state index contributed by atoms with van der Waals surface area (Å²) >= 11 is 0. The van der Waals surface area contributed by atoms with E-state index in [1.807, 2.05) is 31.2 Å². The zero-order chi connectivity index (χ0) is 15.5. The van der Waals surface area contributed by atoms with Gasteiger partial charge in [0.25, 0.3) is 0 Å². The molecule has 0 amide bonds. The van der Waals surface area contributed by atoms with Crippen molar-refractivity contribution in [3.8, 4) is 16.9 Å². The third kappa shape index (κ3) is 2.46. The summed E-state index contributed by atoms with van der Waals surface area (Å²) in [6.45, 7) is 2.17. The molecule has 0 saturated carbocycles. The van der Waals surface area contributed by atoms with Gasteiger partial charge in [0.1, 0.15) is 5.75 Å². The van der Waals surface area contributed by atoms with Crippen LogP contribution in [0.15, 0.2) is 60.7 Å². The lowest BCUT2D eigenvalue weighted by Crippen LogP contribution is -2.02. The molecule has 0 aromatic heterocycles. The minimum absolute atomic E-state index is 0.0736. The first kappa shape index (κ1) is 14.6. The van der Waals surface area contributed by atoms with Gasteiger partial charge in [0.15, 0.2) is 0 Å². The van der Waals surface area contributed by atoms with Crippen molar-refractivity contribution in [1.82, 2.24) is 0 Å². The van der Waals surface area contributed by atoms with Crippen LogP contribution in [0.3, 0.4) is 0 Å². The van der Waals surface area contributed by atoms with E-state index in [0.29, 0.717) is 0 Å². The van der Waals surface area contributed by atoms with Crippen LogP contribution in [0, 0.1) is 0 Å². The zero-order valence-electron chi connectivity index (χ0n) is 12.9. The van der Waals surface area contributed by atoms with Crippen molar-refractivity contribution in [2.75, 3.05) is 13.7 Å². The van der Waals surface area contributed by atoms with E-state index in [1.54, 1.807) is 7.11 Å². The summed E-state index contributed by atoms with van der Waals surface area (Å²) in [4.78, 5) is 0. The van der Waals surface area contributed by atoms with Crippen LogP contribution in [0.25, 0.3) is 21.9 Å². The molecule has 22 heavy (non-hydrogen) atoms. The Morgan fingerprint density at radius 2 is 1.68 bits per heavy atom. The standard InChI is InChI=1S/C20H20O2/c1-14(13-21)16-12-11-15-7-3-4-8-17(15)20(16)18-9-5-6-10-19(18)22-2/h3-12,14,21H,13H2,1-2H3. The Kier molecular flexibility index (Phi) is 4.12. The van der Waals surface area contributed by atoms with Crippen LogP contribution in [-0.4, -0.2) is 18.8 Å². The number of methoxy groups -OCH3 is 1. The number of rotatable bonds is 4. The van der Waals surface area contributed by atoms with Gasteiger partial charge in [0.2, 0.25) is 0 Å². The van der Waals surface area contributed by atoms with E-state index in [9.17, 15) is 5.11 Å². The molecular weight excluding hydrogens is 272 g/mol. The molecule has 0 spiro atoms. The van der Waals surface area contributed by atoms with Crippen molar-refractivity contribution < 1.29 is 9.84 Å². The summed E-state index contributed by atoms with van der Waals surface area (Å²) in [5, 5.41) is 12.0. The summed E-state index contributed by atoms with van der Waals surface area (Å²) in [5.41, 5.74) is 3.36. The molecule has 1 N–H and O–H groups in total. The fourth-order valence-corrected chi connectivity index (χ4v) is 2.95. The lowest BCUT2D eigenvalue weighted by molar-refractivity contribution is 0.273. The van der Waals surface area contributed by atoms with Gasteiger partial charge in [-0.15, -0.1) is 0 Å². The fourth-order valence-electron chi connectivity index (χ4n) is 2.95. The van der Waals surface area contributed by atoms with Crippen LogP contribution >= 0.6 is 0 Å². The van der Waals surface area contributed by atoms with Gasteiger partial charge >= 0.3 is 0 Å². The van der Waals surface area contributed by atoms with Gasteiger partial charge in [-0.3, -0.25) is 0 Å². The first-order chi connectivity index (χ1) is 10.8. The minimum atomic E-state index is 0.0736. The first-order valence-corrected chi connectivity index (χ1v) is 7.52. The van der Waals surface area contributed by atoms with Gasteiger partial charge in [0, 0.05) is 18.1 Å². The Morgan fingerprint density at radius 3 is 2.45 bits per heavy atom. The van der Waals surface area contributed by atoms with Crippen LogP contribution in [0.5, 0.6) is 5.75 Å². The number of fused-ring (bicyclic) bond motifs is 1. The van der Waals surface area contributed by atoms with E-state index in [4.69, 9.17) is 4.74 Å². The number of aliphatic hydroxyl groups excluding tert-OH is 1. The monoisotopic (exact) mass is 292 g/mol.